The van der Waals surface area contributed by atoms with Crippen molar-refractivity contribution in [2.45, 2.75) is 44.6 Å². The minimum atomic E-state index is -0.581. The number of hydrogen-bond donors (Lipinski definition) is 2. The average Bonchev–Trinajstić information content (AvgIpc) is 3.04. The number of nitrogens with two attached hydrogens (primary N) is 1. The quantitative estimate of drug-likeness (QED) is 0.756. The van der Waals surface area contributed by atoms with Gasteiger partial charge in [-0.15, -0.1) is 0 Å². The lowest BCUT2D eigenvalue weighted by atomic mass is 9.95. The molecule has 1 fully saturated rings. The molecule has 2 unspecified atom stereocenters. The van der Waals surface area contributed by atoms with E-state index >= 15 is 0 Å². The van der Waals surface area contributed by atoms with Crippen LogP contribution in [0.4, 0.5) is 0 Å². The maximum atomic E-state index is 13.0. The van der Waals surface area contributed by atoms with Gasteiger partial charge in [0.1, 0.15) is 6.04 Å². The molecule has 3 heterocycles. The molecule has 7 nitrogen and oxygen atoms in total. The van der Waals surface area contributed by atoms with Gasteiger partial charge < -0.3 is 10.6 Å². The van der Waals surface area contributed by atoms with Crippen molar-refractivity contribution in [3.05, 3.63) is 70.3 Å². The Bertz CT molecular complexity index is 1050. The summed E-state index contributed by atoms with van der Waals surface area (Å²) in [6.07, 6.45) is 0.640. The molecular formula is C23H24N4O3. The Hall–Kier alpha value is -3.03. The first-order chi connectivity index (χ1) is 14.5. The fourth-order valence-electron chi connectivity index (χ4n) is 4.80. The van der Waals surface area contributed by atoms with Crippen molar-refractivity contribution in [1.29, 1.82) is 0 Å². The van der Waals surface area contributed by atoms with Crippen molar-refractivity contribution >= 4 is 17.7 Å². The van der Waals surface area contributed by atoms with Crippen LogP contribution in [0, 0.1) is 0 Å². The number of nitrogens with one attached hydrogen (secondary N) is 1. The van der Waals surface area contributed by atoms with Crippen LogP contribution in [0.1, 0.15) is 51.5 Å². The fourth-order valence-corrected chi connectivity index (χ4v) is 4.80. The molecule has 1 saturated heterocycles. The second-order valence-electron chi connectivity index (χ2n) is 8.37. The van der Waals surface area contributed by atoms with Gasteiger partial charge in [0.25, 0.3) is 5.91 Å². The molecular weight excluding hydrogens is 380 g/mol. The second-order valence-corrected chi connectivity index (χ2v) is 8.37. The Balaban J connectivity index is 1.32. The number of piperidine rings is 1. The minimum absolute atomic E-state index is 0.0194. The summed E-state index contributed by atoms with van der Waals surface area (Å²) in [5, 5.41) is 2.34. The van der Waals surface area contributed by atoms with Crippen molar-refractivity contribution in [3.63, 3.8) is 0 Å². The van der Waals surface area contributed by atoms with Crippen molar-refractivity contribution in [2.24, 2.45) is 5.73 Å². The topological polar surface area (TPSA) is 95.7 Å². The van der Waals surface area contributed by atoms with Gasteiger partial charge in [0.15, 0.2) is 0 Å². The zero-order chi connectivity index (χ0) is 20.8. The fraction of sp³-hybridized carbons (Fsp3) is 0.348. The van der Waals surface area contributed by atoms with Gasteiger partial charge in [-0.25, -0.2) is 0 Å². The standard InChI is InChI=1S/C23H24N4O3/c24-19-13-26(11-15-3-1-2-4-17(15)19)10-14-5-6-16-12-27(23(30)18(16)9-14)20-7-8-21(28)25-22(20)29/h1-6,9,19-20H,7-8,10-13,24H2,(H,25,28,29). The number of nitrogens with zero attached hydrogens (tertiary/aromatic N) is 2. The predicted octanol–water partition coefficient (Wildman–Crippen LogP) is 1.46. The second kappa shape index (κ2) is 7.34. The van der Waals surface area contributed by atoms with E-state index in [9.17, 15) is 14.4 Å². The molecule has 3 aliphatic rings. The Morgan fingerprint density at radius 3 is 2.70 bits per heavy atom. The van der Waals surface area contributed by atoms with E-state index in [0.717, 1.165) is 24.2 Å². The van der Waals surface area contributed by atoms with Crippen LogP contribution in [-0.2, 0) is 29.2 Å². The highest BCUT2D eigenvalue weighted by Gasteiger charge is 2.39. The maximum Gasteiger partial charge on any atom is 0.255 e. The monoisotopic (exact) mass is 404 g/mol. The van der Waals surface area contributed by atoms with Crippen molar-refractivity contribution in [2.75, 3.05) is 6.54 Å². The summed E-state index contributed by atoms with van der Waals surface area (Å²) in [5.74, 6) is -0.792. The van der Waals surface area contributed by atoms with Crippen LogP contribution in [0.25, 0.3) is 0 Å². The van der Waals surface area contributed by atoms with E-state index in [-0.39, 0.29) is 30.2 Å². The van der Waals surface area contributed by atoms with Gasteiger partial charge in [0.05, 0.1) is 0 Å². The zero-order valence-electron chi connectivity index (χ0n) is 16.6. The van der Waals surface area contributed by atoms with Crippen molar-refractivity contribution in [3.8, 4) is 0 Å². The molecule has 2 atom stereocenters. The van der Waals surface area contributed by atoms with E-state index in [1.807, 2.05) is 30.3 Å². The molecule has 0 aliphatic carbocycles. The average molecular weight is 404 g/mol. The van der Waals surface area contributed by atoms with Crippen LogP contribution in [0.3, 0.4) is 0 Å². The normalized spacial score (nSPS) is 23.9. The van der Waals surface area contributed by atoms with Gasteiger partial charge in [0, 0.05) is 44.2 Å². The molecule has 2 aromatic carbocycles. The highest BCUT2D eigenvalue weighted by atomic mass is 16.2. The molecule has 30 heavy (non-hydrogen) atoms. The molecule has 3 N–H and O–H groups in total. The van der Waals surface area contributed by atoms with E-state index in [0.29, 0.717) is 25.1 Å². The largest absolute Gasteiger partial charge is 0.323 e. The molecule has 5 rings (SSSR count). The Morgan fingerprint density at radius 1 is 1.03 bits per heavy atom. The summed E-state index contributed by atoms with van der Waals surface area (Å²) in [6.45, 7) is 2.71. The third-order valence-corrected chi connectivity index (χ3v) is 6.30. The predicted molar refractivity (Wildman–Crippen MR) is 110 cm³/mol. The van der Waals surface area contributed by atoms with Gasteiger partial charge in [0.2, 0.25) is 11.8 Å². The van der Waals surface area contributed by atoms with Crippen molar-refractivity contribution in [1.82, 2.24) is 15.1 Å². The number of amides is 3. The zero-order valence-corrected chi connectivity index (χ0v) is 16.6. The summed E-state index contributed by atoms with van der Waals surface area (Å²) in [7, 11) is 0. The van der Waals surface area contributed by atoms with Crippen LogP contribution in [0.15, 0.2) is 42.5 Å². The maximum absolute atomic E-state index is 13.0. The number of fused-ring (bicyclic) bond motifs is 2. The molecule has 0 radical (unpaired) electrons. The number of hydrogen-bond acceptors (Lipinski definition) is 5. The number of imide groups is 1. The molecule has 3 aliphatic heterocycles. The molecule has 0 saturated carbocycles. The lowest BCUT2D eigenvalue weighted by molar-refractivity contribution is -0.136. The Labute approximate surface area is 174 Å². The molecule has 3 amide bonds. The van der Waals surface area contributed by atoms with Gasteiger partial charge in [-0.1, -0.05) is 36.4 Å². The van der Waals surface area contributed by atoms with E-state index in [4.69, 9.17) is 5.73 Å². The molecule has 0 aromatic heterocycles. The van der Waals surface area contributed by atoms with Crippen LogP contribution in [-0.4, -0.2) is 40.1 Å². The molecule has 154 valence electrons. The van der Waals surface area contributed by atoms with Crippen LogP contribution < -0.4 is 11.1 Å². The number of carbonyl (C=O) groups excluding carboxylic acids is 3. The van der Waals surface area contributed by atoms with E-state index < -0.39 is 6.04 Å². The summed E-state index contributed by atoms with van der Waals surface area (Å²) in [5.41, 5.74) is 11.4. The smallest absolute Gasteiger partial charge is 0.255 e. The third-order valence-electron chi connectivity index (χ3n) is 6.30. The summed E-state index contributed by atoms with van der Waals surface area (Å²) in [4.78, 5) is 40.5. The Kier molecular flexibility index (Phi) is 4.64. The van der Waals surface area contributed by atoms with Crippen LogP contribution in [0.5, 0.6) is 0 Å². The van der Waals surface area contributed by atoms with E-state index in [1.165, 1.54) is 11.1 Å². The minimum Gasteiger partial charge on any atom is -0.323 e. The lowest BCUT2D eigenvalue weighted by Crippen LogP contribution is -2.52. The van der Waals surface area contributed by atoms with Gasteiger partial charge >= 0.3 is 0 Å². The third kappa shape index (κ3) is 3.30. The molecule has 0 bridgehead atoms. The van der Waals surface area contributed by atoms with Gasteiger partial charge in [-0.3, -0.25) is 24.6 Å². The summed E-state index contributed by atoms with van der Waals surface area (Å²) >= 11 is 0. The van der Waals surface area contributed by atoms with Crippen LogP contribution >= 0.6 is 0 Å². The molecule has 2 aromatic rings. The van der Waals surface area contributed by atoms with Crippen molar-refractivity contribution < 1.29 is 14.4 Å². The van der Waals surface area contributed by atoms with Gasteiger partial charge in [-0.05, 0) is 34.7 Å². The summed E-state index contributed by atoms with van der Waals surface area (Å²) in [6, 6.07) is 13.6. The number of rotatable bonds is 3. The molecule has 7 heteroatoms. The number of carbonyl (C=O) groups is 3. The molecule has 0 spiro atoms. The van der Waals surface area contributed by atoms with Crippen LogP contribution in [0.2, 0.25) is 0 Å². The van der Waals surface area contributed by atoms with Gasteiger partial charge in [-0.2, -0.15) is 0 Å². The Morgan fingerprint density at radius 2 is 1.87 bits per heavy atom. The first kappa shape index (κ1) is 19.0. The van der Waals surface area contributed by atoms with E-state index in [2.05, 4.69) is 22.3 Å². The first-order valence-corrected chi connectivity index (χ1v) is 10.3. The van der Waals surface area contributed by atoms with E-state index in [1.54, 1.807) is 4.90 Å². The SMILES string of the molecule is NC1CN(Cc2ccc3c(c2)C(=O)N(C2CCC(=O)NC2=O)C3)Cc2ccccc21. The lowest BCUT2D eigenvalue weighted by Gasteiger charge is -2.33. The summed E-state index contributed by atoms with van der Waals surface area (Å²) < 4.78 is 0. The first-order valence-electron chi connectivity index (χ1n) is 10.3. The highest BCUT2D eigenvalue weighted by Crippen LogP contribution is 2.30. The number of benzene rings is 2. The highest BCUT2D eigenvalue weighted by molar-refractivity contribution is 6.05.